The average Bonchev–Trinajstić information content (AvgIpc) is 3.50. The Hall–Kier alpha value is -4.07. The molecular weight excluding hydrogens is 542 g/mol. The molecule has 3 aliphatic rings. The van der Waals surface area contributed by atoms with Crippen LogP contribution in [-0.2, 0) is 32.0 Å². The lowest BCUT2D eigenvalue weighted by Gasteiger charge is -2.28. The maximum absolute atomic E-state index is 13.9. The van der Waals surface area contributed by atoms with Gasteiger partial charge in [0.05, 0.1) is 6.04 Å². The standard InChI is InChI=1S/C35H41N3O5/c39-31(26-17-16-24-11-7-12-25(24)20-26)22-28(19-23-9-3-1-4-10-23)34(42)38-30(21-27-13-8-18-36-33(27)41)32(40)35(43)37-29-14-5-2-6-15-29/h1,3-4,7,9-10,12,16-17,20,27-30H,2,5-6,8,11,13-15,18-19,21-22H2,(H,36,41)(H,37,43)(H,38,42)/t27-,28+,30-/m0/s1. The SMILES string of the molecule is O=C(NC1CCCCC1)C(=O)[C@H](C[C@@H]1CCCNC1=O)NC(=O)[C@@H](CC(=O)c1ccc2c(c1)C=CC2)Cc1ccccc1. The van der Waals surface area contributed by atoms with Crippen molar-refractivity contribution in [1.29, 1.82) is 0 Å². The topological polar surface area (TPSA) is 121 Å². The van der Waals surface area contributed by atoms with E-state index < -0.39 is 35.5 Å². The predicted octanol–water partition coefficient (Wildman–Crippen LogP) is 4.11. The molecule has 0 radical (unpaired) electrons. The Bertz CT molecular complexity index is 1380. The number of carbonyl (C=O) groups is 5. The number of hydrogen-bond acceptors (Lipinski definition) is 5. The molecule has 1 heterocycles. The minimum atomic E-state index is -1.16. The normalized spacial score (nSPS) is 19.5. The number of hydrogen-bond donors (Lipinski definition) is 3. The van der Waals surface area contributed by atoms with Crippen LogP contribution in [0.2, 0.25) is 0 Å². The molecule has 0 bridgehead atoms. The summed E-state index contributed by atoms with van der Waals surface area (Å²) in [6.07, 6.45) is 11.3. The van der Waals surface area contributed by atoms with Crippen molar-refractivity contribution >= 4 is 35.4 Å². The second-order valence-corrected chi connectivity index (χ2v) is 12.1. The van der Waals surface area contributed by atoms with E-state index in [0.29, 0.717) is 24.9 Å². The minimum Gasteiger partial charge on any atom is -0.356 e. The van der Waals surface area contributed by atoms with Crippen LogP contribution in [0.25, 0.3) is 6.08 Å². The Balaban J connectivity index is 1.34. The maximum Gasteiger partial charge on any atom is 0.289 e. The number of piperidine rings is 1. The van der Waals surface area contributed by atoms with Crippen LogP contribution >= 0.6 is 0 Å². The third-order valence-corrected chi connectivity index (χ3v) is 8.95. The van der Waals surface area contributed by atoms with Gasteiger partial charge in [0, 0.05) is 36.4 Å². The molecule has 2 fully saturated rings. The van der Waals surface area contributed by atoms with Crippen molar-refractivity contribution < 1.29 is 24.0 Å². The molecular formula is C35H41N3O5. The molecule has 43 heavy (non-hydrogen) atoms. The second-order valence-electron chi connectivity index (χ2n) is 12.1. The number of rotatable bonds is 12. The van der Waals surface area contributed by atoms with Crippen molar-refractivity contribution in [1.82, 2.24) is 16.0 Å². The van der Waals surface area contributed by atoms with Crippen LogP contribution < -0.4 is 16.0 Å². The zero-order chi connectivity index (χ0) is 30.2. The molecule has 3 amide bonds. The first kappa shape index (κ1) is 30.4. The molecule has 0 aromatic heterocycles. The zero-order valence-electron chi connectivity index (χ0n) is 24.6. The molecule has 5 rings (SSSR count). The third-order valence-electron chi connectivity index (χ3n) is 8.95. The van der Waals surface area contributed by atoms with Gasteiger partial charge in [-0.2, -0.15) is 0 Å². The van der Waals surface area contributed by atoms with Gasteiger partial charge in [-0.05, 0) is 67.7 Å². The van der Waals surface area contributed by atoms with E-state index in [9.17, 15) is 24.0 Å². The predicted molar refractivity (Wildman–Crippen MR) is 164 cm³/mol. The summed E-state index contributed by atoms with van der Waals surface area (Å²) in [6, 6.07) is 13.8. The summed E-state index contributed by atoms with van der Waals surface area (Å²) in [5.41, 5.74) is 3.59. The highest BCUT2D eigenvalue weighted by Gasteiger charge is 2.35. The van der Waals surface area contributed by atoms with Crippen molar-refractivity contribution in [2.45, 2.75) is 82.7 Å². The van der Waals surface area contributed by atoms with Gasteiger partial charge in [-0.25, -0.2) is 0 Å². The van der Waals surface area contributed by atoms with E-state index >= 15 is 0 Å². The summed E-state index contributed by atoms with van der Waals surface area (Å²) in [4.78, 5) is 66.6. The highest BCUT2D eigenvalue weighted by atomic mass is 16.2. The van der Waals surface area contributed by atoms with Crippen LogP contribution in [0, 0.1) is 11.8 Å². The van der Waals surface area contributed by atoms with E-state index in [-0.39, 0.29) is 30.6 Å². The lowest BCUT2D eigenvalue weighted by Crippen LogP contribution is -2.53. The maximum atomic E-state index is 13.9. The monoisotopic (exact) mass is 583 g/mol. The molecule has 1 saturated heterocycles. The van der Waals surface area contributed by atoms with Gasteiger partial charge >= 0.3 is 0 Å². The number of allylic oxidation sites excluding steroid dienone is 1. The van der Waals surface area contributed by atoms with Crippen LogP contribution in [-0.4, -0.2) is 47.9 Å². The van der Waals surface area contributed by atoms with Gasteiger partial charge in [-0.3, -0.25) is 24.0 Å². The number of ketones is 2. The lowest BCUT2D eigenvalue weighted by atomic mass is 9.87. The Morgan fingerprint density at radius 1 is 0.930 bits per heavy atom. The Kier molecular flexibility index (Phi) is 10.2. The molecule has 1 saturated carbocycles. The number of Topliss-reactive ketones (excluding diaryl/α,β-unsaturated/α-hetero) is 2. The first-order valence-electron chi connectivity index (χ1n) is 15.7. The van der Waals surface area contributed by atoms with E-state index in [0.717, 1.165) is 61.6 Å². The Morgan fingerprint density at radius 3 is 2.49 bits per heavy atom. The van der Waals surface area contributed by atoms with Gasteiger partial charge in [0.1, 0.15) is 0 Å². The molecule has 8 nitrogen and oxygen atoms in total. The van der Waals surface area contributed by atoms with E-state index in [1.165, 1.54) is 0 Å². The fourth-order valence-electron chi connectivity index (χ4n) is 6.45. The van der Waals surface area contributed by atoms with Crippen LogP contribution in [0.5, 0.6) is 0 Å². The summed E-state index contributed by atoms with van der Waals surface area (Å²) < 4.78 is 0. The van der Waals surface area contributed by atoms with Gasteiger partial charge in [-0.1, -0.05) is 73.9 Å². The molecule has 3 atom stereocenters. The first-order chi connectivity index (χ1) is 20.9. The van der Waals surface area contributed by atoms with E-state index in [1.54, 1.807) is 6.07 Å². The van der Waals surface area contributed by atoms with Crippen molar-refractivity contribution in [2.75, 3.05) is 6.54 Å². The molecule has 0 unspecified atom stereocenters. The fourth-order valence-corrected chi connectivity index (χ4v) is 6.45. The van der Waals surface area contributed by atoms with E-state index in [4.69, 9.17) is 0 Å². The van der Waals surface area contributed by atoms with Crippen molar-refractivity contribution in [3.05, 3.63) is 76.9 Å². The summed E-state index contributed by atoms with van der Waals surface area (Å²) in [5.74, 6) is -3.53. The smallest absolute Gasteiger partial charge is 0.289 e. The van der Waals surface area contributed by atoms with Crippen LogP contribution in [0.15, 0.2) is 54.6 Å². The van der Waals surface area contributed by atoms with Crippen molar-refractivity contribution in [3.8, 4) is 0 Å². The van der Waals surface area contributed by atoms with E-state index in [1.807, 2.05) is 48.5 Å². The number of nitrogens with one attached hydrogen (secondary N) is 3. The first-order valence-corrected chi connectivity index (χ1v) is 15.7. The van der Waals surface area contributed by atoms with Gasteiger partial charge in [0.15, 0.2) is 5.78 Å². The number of carbonyl (C=O) groups excluding carboxylic acids is 5. The van der Waals surface area contributed by atoms with Crippen LogP contribution in [0.3, 0.4) is 0 Å². The Morgan fingerprint density at radius 2 is 1.72 bits per heavy atom. The van der Waals surface area contributed by atoms with Crippen molar-refractivity contribution in [3.63, 3.8) is 0 Å². The van der Waals surface area contributed by atoms with E-state index in [2.05, 4.69) is 22.0 Å². The molecule has 0 spiro atoms. The molecule has 2 aliphatic carbocycles. The number of fused-ring (bicyclic) bond motifs is 1. The average molecular weight is 584 g/mol. The van der Waals surface area contributed by atoms with Gasteiger partial charge in [0.25, 0.3) is 5.91 Å². The summed E-state index contributed by atoms with van der Waals surface area (Å²) in [7, 11) is 0. The quantitative estimate of drug-likeness (QED) is 0.257. The van der Waals surface area contributed by atoms with Gasteiger partial charge < -0.3 is 16.0 Å². The fraction of sp³-hybridized carbons (Fsp3) is 0.457. The molecule has 2 aromatic carbocycles. The molecule has 3 N–H and O–H groups in total. The number of amides is 3. The molecule has 2 aromatic rings. The molecule has 226 valence electrons. The minimum absolute atomic E-state index is 0.0393. The number of benzene rings is 2. The third kappa shape index (κ3) is 8.06. The largest absolute Gasteiger partial charge is 0.356 e. The summed E-state index contributed by atoms with van der Waals surface area (Å²) in [6.45, 7) is 0.572. The lowest BCUT2D eigenvalue weighted by molar-refractivity contribution is -0.141. The van der Waals surface area contributed by atoms with Crippen molar-refractivity contribution in [2.24, 2.45) is 11.8 Å². The second kappa shape index (κ2) is 14.4. The van der Waals surface area contributed by atoms with Gasteiger partial charge in [-0.15, -0.1) is 0 Å². The summed E-state index contributed by atoms with van der Waals surface area (Å²) >= 11 is 0. The summed E-state index contributed by atoms with van der Waals surface area (Å²) in [5, 5.41) is 8.52. The van der Waals surface area contributed by atoms with Crippen LogP contribution in [0.4, 0.5) is 0 Å². The highest BCUT2D eigenvalue weighted by Crippen LogP contribution is 2.24. The molecule has 8 heteroatoms. The van der Waals surface area contributed by atoms with Crippen LogP contribution in [0.1, 0.15) is 84.8 Å². The zero-order valence-corrected chi connectivity index (χ0v) is 24.6. The Labute approximate surface area is 253 Å². The molecule has 1 aliphatic heterocycles. The van der Waals surface area contributed by atoms with Gasteiger partial charge in [0.2, 0.25) is 17.6 Å². The highest BCUT2D eigenvalue weighted by molar-refractivity contribution is 6.38.